The zero-order chi connectivity index (χ0) is 9.97. The molecule has 0 radical (unpaired) electrons. The quantitative estimate of drug-likeness (QED) is 0.738. The molecule has 0 saturated carbocycles. The molecule has 0 unspecified atom stereocenters. The average Bonchev–Trinajstić information content (AvgIpc) is 2.58. The Labute approximate surface area is 83.5 Å². The maximum Gasteiger partial charge on any atom is 0.216 e. The number of nitrogens with one attached hydrogen (secondary N) is 2. The number of amides is 1. The van der Waals surface area contributed by atoms with Gasteiger partial charge in [-0.25, -0.2) is 0 Å². The highest BCUT2D eigenvalue weighted by Crippen LogP contribution is 2.30. The summed E-state index contributed by atoms with van der Waals surface area (Å²) in [5.41, 5.74) is 2.50. The smallest absolute Gasteiger partial charge is 0.216 e. The number of benzene rings is 1. The van der Waals surface area contributed by atoms with Crippen LogP contribution in [0.1, 0.15) is 18.4 Å². The van der Waals surface area contributed by atoms with Crippen LogP contribution in [0.5, 0.6) is 0 Å². The lowest BCUT2D eigenvalue weighted by Gasteiger charge is -2.09. The van der Waals surface area contributed by atoms with Crippen molar-refractivity contribution in [1.82, 2.24) is 5.32 Å². The molecule has 1 heterocycles. The summed E-state index contributed by atoms with van der Waals surface area (Å²) in [5.74, 6) is 0.449. The molecule has 1 aromatic rings. The summed E-state index contributed by atoms with van der Waals surface area (Å²) in [4.78, 5) is 10.8. The van der Waals surface area contributed by atoms with Crippen molar-refractivity contribution in [3.63, 3.8) is 0 Å². The van der Waals surface area contributed by atoms with Crippen molar-refractivity contribution in [2.75, 3.05) is 18.4 Å². The lowest BCUT2D eigenvalue weighted by Crippen LogP contribution is -2.26. The fraction of sp³-hybridized carbons (Fsp3) is 0.364. The van der Waals surface area contributed by atoms with Crippen LogP contribution in [0, 0.1) is 0 Å². The summed E-state index contributed by atoms with van der Waals surface area (Å²) < 4.78 is 0. The van der Waals surface area contributed by atoms with Crippen LogP contribution in [0.2, 0.25) is 0 Å². The zero-order valence-electron chi connectivity index (χ0n) is 8.21. The summed E-state index contributed by atoms with van der Waals surface area (Å²) in [5, 5.41) is 6.17. The van der Waals surface area contributed by atoms with Crippen LogP contribution < -0.4 is 10.6 Å². The fourth-order valence-electron chi connectivity index (χ4n) is 1.81. The number of anilines is 1. The summed E-state index contributed by atoms with van der Waals surface area (Å²) in [7, 11) is 0. The van der Waals surface area contributed by atoms with Gasteiger partial charge < -0.3 is 10.6 Å². The minimum atomic E-state index is 0.0365. The highest BCUT2D eigenvalue weighted by atomic mass is 16.1. The van der Waals surface area contributed by atoms with E-state index >= 15 is 0 Å². The van der Waals surface area contributed by atoms with Crippen LogP contribution >= 0.6 is 0 Å². The van der Waals surface area contributed by atoms with Gasteiger partial charge in [-0.3, -0.25) is 4.79 Å². The molecule has 3 nitrogen and oxygen atoms in total. The van der Waals surface area contributed by atoms with Crippen molar-refractivity contribution in [2.45, 2.75) is 12.8 Å². The Hall–Kier alpha value is -1.51. The first kappa shape index (κ1) is 9.06. The fourth-order valence-corrected chi connectivity index (χ4v) is 1.81. The van der Waals surface area contributed by atoms with E-state index in [-0.39, 0.29) is 5.91 Å². The molecule has 1 aliphatic rings. The van der Waals surface area contributed by atoms with E-state index in [0.29, 0.717) is 5.92 Å². The normalized spacial score (nSPS) is 18.5. The molecule has 74 valence electrons. The highest BCUT2D eigenvalue weighted by molar-refractivity contribution is 5.73. The zero-order valence-corrected chi connectivity index (χ0v) is 8.21. The van der Waals surface area contributed by atoms with Crippen molar-refractivity contribution in [1.29, 1.82) is 0 Å². The predicted molar refractivity (Wildman–Crippen MR) is 56.4 cm³/mol. The van der Waals surface area contributed by atoms with E-state index in [2.05, 4.69) is 22.8 Å². The van der Waals surface area contributed by atoms with E-state index in [1.165, 1.54) is 11.3 Å². The van der Waals surface area contributed by atoms with E-state index in [1.54, 1.807) is 6.92 Å². The topological polar surface area (TPSA) is 41.1 Å². The molecule has 2 rings (SSSR count). The van der Waals surface area contributed by atoms with Crippen LogP contribution in [0.3, 0.4) is 0 Å². The molecule has 1 aromatic carbocycles. The summed E-state index contributed by atoms with van der Waals surface area (Å²) in [6.07, 6.45) is 0. The molecule has 2 N–H and O–H groups in total. The minimum absolute atomic E-state index is 0.0365. The molecule has 0 bridgehead atoms. The van der Waals surface area contributed by atoms with Crippen LogP contribution in [0.25, 0.3) is 0 Å². The van der Waals surface area contributed by atoms with E-state index in [9.17, 15) is 4.79 Å². The molecular weight excluding hydrogens is 176 g/mol. The van der Waals surface area contributed by atoms with Crippen LogP contribution in [-0.4, -0.2) is 19.0 Å². The van der Waals surface area contributed by atoms with Gasteiger partial charge in [-0.2, -0.15) is 0 Å². The van der Waals surface area contributed by atoms with Gasteiger partial charge in [-0.05, 0) is 11.6 Å². The molecule has 3 heteroatoms. The largest absolute Gasteiger partial charge is 0.384 e. The Morgan fingerprint density at radius 2 is 2.36 bits per heavy atom. The van der Waals surface area contributed by atoms with E-state index in [4.69, 9.17) is 0 Å². The second-order valence-electron chi connectivity index (χ2n) is 3.60. The first-order valence-electron chi connectivity index (χ1n) is 4.84. The summed E-state index contributed by atoms with van der Waals surface area (Å²) in [6.45, 7) is 3.19. The number of carbonyl (C=O) groups is 1. The van der Waals surface area contributed by atoms with Crippen molar-refractivity contribution in [2.24, 2.45) is 0 Å². The van der Waals surface area contributed by atoms with Crippen LogP contribution in [-0.2, 0) is 4.79 Å². The molecular formula is C11H14N2O. The van der Waals surface area contributed by atoms with Crippen LogP contribution in [0.15, 0.2) is 24.3 Å². The Bertz CT molecular complexity index is 349. The van der Waals surface area contributed by atoms with Crippen molar-refractivity contribution in [3.8, 4) is 0 Å². The van der Waals surface area contributed by atoms with Gasteiger partial charge in [-0.1, -0.05) is 18.2 Å². The van der Waals surface area contributed by atoms with E-state index in [0.717, 1.165) is 13.1 Å². The molecule has 1 aliphatic heterocycles. The standard InChI is InChI=1S/C11H14N2O/c1-8(14)12-6-9-7-13-11-5-3-2-4-10(9)11/h2-5,9,13H,6-7H2,1H3,(H,12,14)/t9-/m1/s1. The van der Waals surface area contributed by atoms with Crippen molar-refractivity contribution < 1.29 is 4.79 Å². The monoisotopic (exact) mass is 190 g/mol. The summed E-state index contributed by atoms with van der Waals surface area (Å²) in [6, 6.07) is 8.24. The maximum absolute atomic E-state index is 10.8. The number of hydrogen-bond acceptors (Lipinski definition) is 2. The molecule has 1 atom stereocenters. The molecule has 0 spiro atoms. The maximum atomic E-state index is 10.8. The van der Waals surface area contributed by atoms with E-state index in [1.807, 2.05) is 12.1 Å². The highest BCUT2D eigenvalue weighted by Gasteiger charge is 2.20. The van der Waals surface area contributed by atoms with Crippen molar-refractivity contribution in [3.05, 3.63) is 29.8 Å². The number of hydrogen-bond donors (Lipinski definition) is 2. The predicted octanol–water partition coefficient (Wildman–Crippen LogP) is 1.33. The van der Waals surface area contributed by atoms with Gasteiger partial charge in [0.15, 0.2) is 0 Å². The van der Waals surface area contributed by atoms with Crippen LogP contribution in [0.4, 0.5) is 5.69 Å². The molecule has 14 heavy (non-hydrogen) atoms. The third kappa shape index (κ3) is 1.71. The summed E-state index contributed by atoms with van der Waals surface area (Å²) >= 11 is 0. The molecule has 0 aromatic heterocycles. The second-order valence-corrected chi connectivity index (χ2v) is 3.60. The van der Waals surface area contributed by atoms with Gasteiger partial charge in [0.25, 0.3) is 0 Å². The Morgan fingerprint density at radius 1 is 1.57 bits per heavy atom. The minimum Gasteiger partial charge on any atom is -0.384 e. The van der Waals surface area contributed by atoms with Gasteiger partial charge in [-0.15, -0.1) is 0 Å². The van der Waals surface area contributed by atoms with Gasteiger partial charge in [0.2, 0.25) is 5.91 Å². The third-order valence-electron chi connectivity index (χ3n) is 2.54. The van der Waals surface area contributed by atoms with E-state index < -0.39 is 0 Å². The molecule has 0 fully saturated rings. The average molecular weight is 190 g/mol. The Morgan fingerprint density at radius 3 is 3.14 bits per heavy atom. The Kier molecular flexibility index (Phi) is 2.39. The van der Waals surface area contributed by atoms with Crippen molar-refractivity contribution >= 4 is 11.6 Å². The second kappa shape index (κ2) is 3.70. The number of carbonyl (C=O) groups excluding carboxylic acids is 1. The number of rotatable bonds is 2. The van der Waals surface area contributed by atoms with Gasteiger partial charge in [0, 0.05) is 31.6 Å². The SMILES string of the molecule is CC(=O)NC[C@@H]1CNc2ccccc21. The molecule has 0 saturated heterocycles. The van der Waals surface area contributed by atoms with Gasteiger partial charge in [0.1, 0.15) is 0 Å². The van der Waals surface area contributed by atoms with Gasteiger partial charge >= 0.3 is 0 Å². The first-order chi connectivity index (χ1) is 6.77. The lowest BCUT2D eigenvalue weighted by molar-refractivity contribution is -0.119. The Balaban J connectivity index is 2.07. The number of fused-ring (bicyclic) bond motifs is 1. The first-order valence-corrected chi connectivity index (χ1v) is 4.84. The molecule has 0 aliphatic carbocycles. The number of para-hydroxylation sites is 1. The molecule has 1 amide bonds. The van der Waals surface area contributed by atoms with Gasteiger partial charge in [0.05, 0.1) is 0 Å². The lowest BCUT2D eigenvalue weighted by atomic mass is 10.0. The third-order valence-corrected chi connectivity index (χ3v) is 2.54.